The number of hydrogen-bond donors (Lipinski definition) is 1. The van der Waals surface area contributed by atoms with Crippen molar-refractivity contribution >= 4 is 0 Å². The highest BCUT2D eigenvalue weighted by Crippen LogP contribution is 2.30. The van der Waals surface area contributed by atoms with Gasteiger partial charge in [0.05, 0.1) is 0 Å². The molecule has 0 aliphatic heterocycles. The second kappa shape index (κ2) is 8.16. The van der Waals surface area contributed by atoms with Crippen LogP contribution in [0.15, 0.2) is 0 Å². The summed E-state index contributed by atoms with van der Waals surface area (Å²) in [6, 6.07) is 1.71. The third-order valence-corrected chi connectivity index (χ3v) is 4.91. The Labute approximate surface area is 114 Å². The molecule has 0 radical (unpaired) electrons. The van der Waals surface area contributed by atoms with Crippen molar-refractivity contribution in [3.8, 4) is 0 Å². The van der Waals surface area contributed by atoms with Crippen LogP contribution >= 0.6 is 0 Å². The molecule has 0 saturated heterocycles. The lowest BCUT2D eigenvalue weighted by molar-refractivity contribution is 0.0732. The lowest BCUT2D eigenvalue weighted by Crippen LogP contribution is -2.54. The Hall–Kier alpha value is -0.0800. The number of rotatable bonds is 7. The van der Waals surface area contributed by atoms with Crippen LogP contribution in [-0.4, -0.2) is 29.6 Å². The fourth-order valence-corrected chi connectivity index (χ4v) is 3.30. The topological polar surface area (TPSA) is 29.3 Å². The summed E-state index contributed by atoms with van der Waals surface area (Å²) in [6.07, 6.45) is 9.05. The Morgan fingerprint density at radius 2 is 1.94 bits per heavy atom. The monoisotopic (exact) mass is 254 g/mol. The van der Waals surface area contributed by atoms with E-state index in [1.807, 2.05) is 0 Å². The smallest absolute Gasteiger partial charge is 0.0252 e. The van der Waals surface area contributed by atoms with Gasteiger partial charge < -0.3 is 5.73 Å². The maximum Gasteiger partial charge on any atom is 0.0252 e. The van der Waals surface area contributed by atoms with Gasteiger partial charge >= 0.3 is 0 Å². The maximum atomic E-state index is 6.42. The molecule has 1 aliphatic rings. The van der Waals surface area contributed by atoms with Crippen LogP contribution in [0, 0.1) is 5.92 Å². The first-order chi connectivity index (χ1) is 8.63. The molecular weight excluding hydrogens is 220 g/mol. The van der Waals surface area contributed by atoms with Crippen LogP contribution in [0.25, 0.3) is 0 Å². The van der Waals surface area contributed by atoms with E-state index in [2.05, 4.69) is 32.6 Å². The van der Waals surface area contributed by atoms with E-state index >= 15 is 0 Å². The van der Waals surface area contributed by atoms with Crippen molar-refractivity contribution in [2.45, 2.75) is 90.8 Å². The van der Waals surface area contributed by atoms with Crippen molar-refractivity contribution in [1.82, 2.24) is 4.90 Å². The lowest BCUT2D eigenvalue weighted by Gasteiger charge is -2.44. The van der Waals surface area contributed by atoms with Crippen molar-refractivity contribution in [1.29, 1.82) is 0 Å². The van der Waals surface area contributed by atoms with Crippen molar-refractivity contribution in [3.05, 3.63) is 0 Å². The summed E-state index contributed by atoms with van der Waals surface area (Å²) < 4.78 is 0. The average molecular weight is 254 g/mol. The van der Waals surface area contributed by atoms with Crippen molar-refractivity contribution in [3.63, 3.8) is 0 Å². The Morgan fingerprint density at radius 1 is 1.22 bits per heavy atom. The molecule has 108 valence electrons. The normalized spacial score (nSPS) is 30.7. The van der Waals surface area contributed by atoms with E-state index in [0.717, 1.165) is 5.92 Å². The highest BCUT2D eigenvalue weighted by Gasteiger charge is 2.33. The van der Waals surface area contributed by atoms with E-state index in [1.165, 1.54) is 51.5 Å². The molecule has 1 fully saturated rings. The molecule has 1 saturated carbocycles. The molecule has 2 N–H and O–H groups in total. The number of nitrogens with zero attached hydrogens (tertiary/aromatic N) is 1. The van der Waals surface area contributed by atoms with Crippen molar-refractivity contribution < 1.29 is 0 Å². The Balaban J connectivity index is 2.68. The first-order valence-electron chi connectivity index (χ1n) is 8.15. The van der Waals surface area contributed by atoms with E-state index < -0.39 is 0 Å². The van der Waals surface area contributed by atoms with Crippen LogP contribution in [0.4, 0.5) is 0 Å². The third kappa shape index (κ3) is 4.24. The lowest BCUT2D eigenvalue weighted by atomic mass is 9.80. The first kappa shape index (κ1) is 16.0. The maximum absolute atomic E-state index is 6.42. The molecule has 18 heavy (non-hydrogen) atoms. The van der Waals surface area contributed by atoms with E-state index in [0.29, 0.717) is 18.1 Å². The van der Waals surface area contributed by atoms with Crippen molar-refractivity contribution in [2.75, 3.05) is 6.54 Å². The van der Waals surface area contributed by atoms with E-state index in [9.17, 15) is 0 Å². The van der Waals surface area contributed by atoms with Crippen molar-refractivity contribution in [2.24, 2.45) is 11.7 Å². The minimum Gasteiger partial charge on any atom is -0.326 e. The molecule has 0 aromatic heterocycles. The summed E-state index contributed by atoms with van der Waals surface area (Å²) in [4.78, 5) is 2.72. The second-order valence-electron chi connectivity index (χ2n) is 6.17. The predicted molar refractivity (Wildman–Crippen MR) is 80.8 cm³/mol. The minimum absolute atomic E-state index is 0.402. The molecule has 1 aliphatic carbocycles. The molecule has 0 heterocycles. The van der Waals surface area contributed by atoms with Gasteiger partial charge in [-0.15, -0.1) is 0 Å². The number of hydrogen-bond acceptors (Lipinski definition) is 2. The summed E-state index contributed by atoms with van der Waals surface area (Å²) in [5.74, 6) is 0.906. The van der Waals surface area contributed by atoms with Gasteiger partial charge in [0.15, 0.2) is 0 Å². The van der Waals surface area contributed by atoms with Gasteiger partial charge in [0, 0.05) is 18.1 Å². The highest BCUT2D eigenvalue weighted by atomic mass is 15.2. The van der Waals surface area contributed by atoms with E-state index in [4.69, 9.17) is 5.73 Å². The summed E-state index contributed by atoms with van der Waals surface area (Å²) in [5, 5.41) is 0. The molecule has 0 spiro atoms. The summed E-state index contributed by atoms with van der Waals surface area (Å²) in [6.45, 7) is 10.5. The van der Waals surface area contributed by atoms with E-state index in [1.54, 1.807) is 0 Å². The fraction of sp³-hybridized carbons (Fsp3) is 1.00. The highest BCUT2D eigenvalue weighted by molar-refractivity contribution is 4.90. The Morgan fingerprint density at radius 3 is 2.50 bits per heavy atom. The summed E-state index contributed by atoms with van der Waals surface area (Å²) in [7, 11) is 0. The molecule has 0 aromatic carbocycles. The number of unbranched alkanes of at least 4 members (excludes halogenated alkanes) is 1. The van der Waals surface area contributed by atoms with Crippen LogP contribution in [0.5, 0.6) is 0 Å². The molecule has 0 amide bonds. The third-order valence-electron chi connectivity index (χ3n) is 4.91. The Bertz CT molecular complexity index is 213. The molecule has 4 unspecified atom stereocenters. The predicted octanol–water partition coefficient (Wildman–Crippen LogP) is 3.79. The summed E-state index contributed by atoms with van der Waals surface area (Å²) in [5.41, 5.74) is 6.42. The van der Waals surface area contributed by atoms with Crippen LogP contribution in [0.1, 0.15) is 72.6 Å². The second-order valence-corrected chi connectivity index (χ2v) is 6.17. The van der Waals surface area contributed by atoms with Gasteiger partial charge in [-0.3, -0.25) is 4.90 Å². The quantitative estimate of drug-likeness (QED) is 0.749. The van der Waals surface area contributed by atoms with E-state index in [-0.39, 0.29) is 0 Å². The number of nitrogens with two attached hydrogens (primary N) is 1. The molecule has 0 bridgehead atoms. The van der Waals surface area contributed by atoms with Gasteiger partial charge in [-0.25, -0.2) is 0 Å². The zero-order chi connectivity index (χ0) is 13.5. The van der Waals surface area contributed by atoms with Crippen LogP contribution < -0.4 is 5.73 Å². The standard InChI is InChI=1S/C16H34N2/c1-5-8-11-18(13(4)6-2)16-12-14(7-3)9-10-15(16)17/h13-16H,5-12,17H2,1-4H3. The van der Waals surface area contributed by atoms with Crippen LogP contribution in [-0.2, 0) is 0 Å². The first-order valence-corrected chi connectivity index (χ1v) is 8.15. The molecule has 2 heteroatoms. The summed E-state index contributed by atoms with van der Waals surface area (Å²) >= 11 is 0. The molecule has 0 aromatic rings. The molecular formula is C16H34N2. The molecule has 2 nitrogen and oxygen atoms in total. The zero-order valence-electron chi connectivity index (χ0n) is 13.0. The van der Waals surface area contributed by atoms with Gasteiger partial charge in [0.25, 0.3) is 0 Å². The van der Waals surface area contributed by atoms with Gasteiger partial charge in [0.1, 0.15) is 0 Å². The van der Waals surface area contributed by atoms with Gasteiger partial charge in [-0.2, -0.15) is 0 Å². The van der Waals surface area contributed by atoms with Gasteiger partial charge in [-0.1, -0.05) is 33.6 Å². The van der Waals surface area contributed by atoms with Crippen LogP contribution in [0.3, 0.4) is 0 Å². The molecule has 4 atom stereocenters. The SMILES string of the molecule is CCCCN(C(C)CC)C1CC(CC)CCC1N. The average Bonchev–Trinajstić information content (AvgIpc) is 2.40. The fourth-order valence-electron chi connectivity index (χ4n) is 3.30. The largest absolute Gasteiger partial charge is 0.326 e. The zero-order valence-corrected chi connectivity index (χ0v) is 13.0. The Kier molecular flexibility index (Phi) is 7.25. The van der Waals surface area contributed by atoms with Gasteiger partial charge in [-0.05, 0) is 51.5 Å². The minimum atomic E-state index is 0.402. The van der Waals surface area contributed by atoms with Gasteiger partial charge in [0.2, 0.25) is 0 Å². The van der Waals surface area contributed by atoms with Crippen LogP contribution in [0.2, 0.25) is 0 Å². The molecule has 1 rings (SSSR count).